The molecule has 0 unspecified atom stereocenters. The van der Waals surface area contributed by atoms with Crippen LogP contribution in [-0.4, -0.2) is 99.8 Å². The Morgan fingerprint density at radius 1 is 1.18 bits per heavy atom. The normalized spacial score (nSPS) is 28.7. The summed E-state index contributed by atoms with van der Waals surface area (Å²) in [6, 6.07) is 0. The largest absolute Gasteiger partial charge is 0.480 e. The molecule has 5 N–H and O–H groups in total. The maximum atomic E-state index is 10.6. The van der Waals surface area contributed by atoms with Crippen molar-refractivity contribution in [2.24, 2.45) is 0 Å². The molecular weight excluding hydrogens is 302 g/mol. The van der Waals surface area contributed by atoms with Gasteiger partial charge in [0.2, 0.25) is 0 Å². The minimum absolute atomic E-state index is 0.00444. The van der Waals surface area contributed by atoms with Gasteiger partial charge in [0.05, 0.1) is 32.4 Å². The van der Waals surface area contributed by atoms with Crippen LogP contribution in [0.4, 0.5) is 0 Å². The fraction of sp³-hybridized carbons (Fsp3) is 0.833. The first kappa shape index (κ1) is 18.7. The van der Waals surface area contributed by atoms with Gasteiger partial charge in [-0.05, 0) is 0 Å². The number of hydrogen-bond donors (Lipinski definition) is 5. The minimum atomic E-state index is -1.21. The van der Waals surface area contributed by atoms with Crippen molar-refractivity contribution in [3.63, 3.8) is 0 Å². The van der Waals surface area contributed by atoms with Gasteiger partial charge in [-0.3, -0.25) is 14.5 Å². The molecule has 1 saturated heterocycles. The highest BCUT2D eigenvalue weighted by molar-refractivity contribution is 5.72. The number of rotatable bonds is 9. The van der Waals surface area contributed by atoms with Gasteiger partial charge in [0.25, 0.3) is 0 Å². The molecule has 0 saturated carbocycles. The third kappa shape index (κ3) is 6.22. The number of ether oxygens (including phenoxy) is 2. The van der Waals surface area contributed by atoms with Crippen molar-refractivity contribution in [2.75, 3.05) is 32.8 Å². The van der Waals surface area contributed by atoms with E-state index >= 15 is 0 Å². The predicted octanol–water partition coefficient (Wildman–Crippen LogP) is -2.70. The lowest BCUT2D eigenvalue weighted by Crippen LogP contribution is -2.50. The first-order valence-corrected chi connectivity index (χ1v) is 6.73. The molecule has 0 aromatic heterocycles. The van der Waals surface area contributed by atoms with E-state index in [-0.39, 0.29) is 19.6 Å². The maximum Gasteiger partial charge on any atom is 0.317 e. The van der Waals surface area contributed by atoms with Crippen LogP contribution in [0.15, 0.2) is 0 Å². The summed E-state index contributed by atoms with van der Waals surface area (Å²) in [7, 11) is 0. The monoisotopic (exact) mass is 323 g/mol. The SMILES string of the molecule is O=C(O)CN(CCO[C@@H]1C[C@@H](O)[C@H](O)[C@@H](CO)O1)CC(=O)O. The van der Waals surface area contributed by atoms with Crippen molar-refractivity contribution in [1.29, 1.82) is 0 Å². The molecule has 1 aliphatic rings. The standard InChI is InChI=1S/C12H21NO9/c14-6-8-12(20)7(15)3-11(22-8)21-2-1-13(4-9(16)17)5-10(18)19/h7-8,11-12,14-15,20H,1-6H2,(H,16,17)(H,18,19)/t7-,8-,11+,12+/m1/s1. The summed E-state index contributed by atoms with van der Waals surface area (Å²) in [4.78, 5) is 22.4. The highest BCUT2D eigenvalue weighted by Crippen LogP contribution is 2.20. The number of aliphatic carboxylic acids is 2. The van der Waals surface area contributed by atoms with Crippen LogP contribution in [0.5, 0.6) is 0 Å². The summed E-state index contributed by atoms with van der Waals surface area (Å²) in [6.07, 6.45) is -4.16. The van der Waals surface area contributed by atoms with Gasteiger partial charge >= 0.3 is 11.9 Å². The number of carboxylic acid groups (broad SMARTS) is 2. The summed E-state index contributed by atoms with van der Waals surface area (Å²) in [5.74, 6) is -2.32. The lowest BCUT2D eigenvalue weighted by atomic mass is 10.0. The van der Waals surface area contributed by atoms with E-state index in [0.29, 0.717) is 0 Å². The Kier molecular flexibility index (Phi) is 7.65. The average Bonchev–Trinajstić information content (AvgIpc) is 2.41. The van der Waals surface area contributed by atoms with E-state index in [1.54, 1.807) is 0 Å². The second-order valence-corrected chi connectivity index (χ2v) is 4.95. The summed E-state index contributed by atoms with van der Waals surface area (Å²) in [5, 5.41) is 45.5. The first-order valence-electron chi connectivity index (χ1n) is 6.73. The smallest absolute Gasteiger partial charge is 0.317 e. The maximum absolute atomic E-state index is 10.6. The molecule has 1 fully saturated rings. The topological polar surface area (TPSA) is 157 Å². The van der Waals surface area contributed by atoms with Crippen molar-refractivity contribution >= 4 is 11.9 Å². The van der Waals surface area contributed by atoms with Crippen molar-refractivity contribution in [2.45, 2.75) is 31.0 Å². The number of carbonyl (C=O) groups is 2. The average molecular weight is 323 g/mol. The highest BCUT2D eigenvalue weighted by Gasteiger charge is 2.36. The van der Waals surface area contributed by atoms with Crippen LogP contribution in [0.25, 0.3) is 0 Å². The van der Waals surface area contributed by atoms with E-state index in [4.69, 9.17) is 24.8 Å². The highest BCUT2D eigenvalue weighted by atomic mass is 16.7. The zero-order valence-electron chi connectivity index (χ0n) is 11.9. The molecular formula is C12H21NO9. The van der Waals surface area contributed by atoms with E-state index in [2.05, 4.69) is 0 Å². The van der Waals surface area contributed by atoms with E-state index in [1.165, 1.54) is 4.90 Å². The molecule has 0 aromatic rings. The van der Waals surface area contributed by atoms with Gasteiger partial charge in [-0.1, -0.05) is 0 Å². The fourth-order valence-electron chi connectivity index (χ4n) is 2.08. The van der Waals surface area contributed by atoms with E-state index in [9.17, 15) is 19.8 Å². The van der Waals surface area contributed by atoms with Gasteiger partial charge in [0.1, 0.15) is 12.2 Å². The fourth-order valence-corrected chi connectivity index (χ4v) is 2.08. The number of carboxylic acids is 2. The minimum Gasteiger partial charge on any atom is -0.480 e. The first-order chi connectivity index (χ1) is 10.3. The van der Waals surface area contributed by atoms with Gasteiger partial charge in [0.15, 0.2) is 6.29 Å². The third-order valence-electron chi connectivity index (χ3n) is 3.14. The Morgan fingerprint density at radius 2 is 1.77 bits per heavy atom. The molecule has 1 heterocycles. The summed E-state index contributed by atoms with van der Waals surface area (Å²) in [5.41, 5.74) is 0. The molecule has 0 spiro atoms. The van der Waals surface area contributed by atoms with Gasteiger partial charge in [-0.25, -0.2) is 0 Å². The molecule has 0 bridgehead atoms. The van der Waals surface area contributed by atoms with Crippen molar-refractivity contribution in [1.82, 2.24) is 4.90 Å². The van der Waals surface area contributed by atoms with Crippen LogP contribution >= 0.6 is 0 Å². The lowest BCUT2D eigenvalue weighted by molar-refractivity contribution is -0.257. The number of nitrogens with zero attached hydrogens (tertiary/aromatic N) is 1. The zero-order valence-corrected chi connectivity index (χ0v) is 11.9. The molecule has 1 aliphatic heterocycles. The number of hydrogen-bond acceptors (Lipinski definition) is 8. The molecule has 0 aromatic carbocycles. The van der Waals surface area contributed by atoms with Crippen LogP contribution in [0.1, 0.15) is 6.42 Å². The van der Waals surface area contributed by atoms with Gasteiger partial charge in [0, 0.05) is 13.0 Å². The third-order valence-corrected chi connectivity index (χ3v) is 3.14. The molecule has 4 atom stereocenters. The van der Waals surface area contributed by atoms with Gasteiger partial charge in [-0.15, -0.1) is 0 Å². The number of aliphatic hydroxyl groups is 3. The Labute approximate surface area is 126 Å². The van der Waals surface area contributed by atoms with Gasteiger partial charge < -0.3 is 35.0 Å². The quantitative estimate of drug-likeness (QED) is 0.302. The molecule has 10 heteroatoms. The molecule has 1 rings (SSSR count). The molecule has 0 aliphatic carbocycles. The van der Waals surface area contributed by atoms with Gasteiger partial charge in [-0.2, -0.15) is 0 Å². The summed E-state index contributed by atoms with van der Waals surface area (Å²) in [6.45, 7) is -1.35. The predicted molar refractivity (Wildman–Crippen MR) is 70.0 cm³/mol. The van der Waals surface area contributed by atoms with Crippen LogP contribution in [-0.2, 0) is 19.1 Å². The molecule has 0 amide bonds. The summed E-state index contributed by atoms with van der Waals surface area (Å²) < 4.78 is 10.5. The molecule has 10 nitrogen and oxygen atoms in total. The molecule has 0 radical (unpaired) electrons. The summed E-state index contributed by atoms with van der Waals surface area (Å²) >= 11 is 0. The van der Waals surface area contributed by atoms with E-state index < -0.39 is 56.2 Å². The molecule has 128 valence electrons. The Hall–Kier alpha value is -1.30. The number of aliphatic hydroxyl groups excluding tert-OH is 3. The van der Waals surface area contributed by atoms with E-state index in [0.717, 1.165) is 0 Å². The van der Waals surface area contributed by atoms with Crippen LogP contribution < -0.4 is 0 Å². The van der Waals surface area contributed by atoms with Crippen molar-refractivity contribution in [3.05, 3.63) is 0 Å². The van der Waals surface area contributed by atoms with Crippen LogP contribution in [0.2, 0.25) is 0 Å². The van der Waals surface area contributed by atoms with Crippen molar-refractivity contribution < 1.29 is 44.6 Å². The second kappa shape index (κ2) is 8.98. The second-order valence-electron chi connectivity index (χ2n) is 4.95. The zero-order chi connectivity index (χ0) is 16.7. The Morgan fingerprint density at radius 3 is 2.27 bits per heavy atom. The Bertz CT molecular complexity index is 362. The molecule has 22 heavy (non-hydrogen) atoms. The van der Waals surface area contributed by atoms with E-state index in [1.807, 2.05) is 0 Å². The van der Waals surface area contributed by atoms with Crippen LogP contribution in [0.3, 0.4) is 0 Å². The van der Waals surface area contributed by atoms with Crippen molar-refractivity contribution in [3.8, 4) is 0 Å². The Balaban J connectivity index is 2.40. The van der Waals surface area contributed by atoms with Crippen LogP contribution in [0, 0.1) is 0 Å². The lowest BCUT2D eigenvalue weighted by Gasteiger charge is -2.36.